The summed E-state index contributed by atoms with van der Waals surface area (Å²) >= 11 is 6.00. The second kappa shape index (κ2) is 7.48. The maximum atomic E-state index is 9.32. The fraction of sp³-hybridized carbons (Fsp3) is 0.421. The van der Waals surface area contributed by atoms with Crippen LogP contribution in [0.4, 0.5) is 11.8 Å². The number of nitrogens with two attached hydrogens (primary N) is 1. The minimum Gasteiger partial charge on any atom is -0.365 e. The molecule has 7 heteroatoms. The maximum Gasteiger partial charge on any atom is 0.224 e. The Bertz CT molecular complexity index is 829. The van der Waals surface area contributed by atoms with E-state index in [4.69, 9.17) is 17.3 Å². The van der Waals surface area contributed by atoms with E-state index in [1.807, 2.05) is 24.3 Å². The number of nitrogens with zero attached hydrogens (tertiary/aromatic N) is 3. The molecule has 0 spiro atoms. The molecule has 1 saturated carbocycles. The van der Waals surface area contributed by atoms with E-state index in [0.717, 1.165) is 23.4 Å². The zero-order valence-electron chi connectivity index (χ0n) is 15.0. The highest BCUT2D eigenvalue weighted by Gasteiger charge is 2.46. The number of nitrogens with one attached hydrogen (secondary N) is 2. The van der Waals surface area contributed by atoms with Crippen LogP contribution in [0.15, 0.2) is 30.5 Å². The van der Waals surface area contributed by atoms with Gasteiger partial charge in [-0.2, -0.15) is 10.2 Å². The van der Waals surface area contributed by atoms with Gasteiger partial charge in [0.25, 0.3) is 0 Å². The van der Waals surface area contributed by atoms with E-state index in [2.05, 4.69) is 40.5 Å². The minimum atomic E-state index is -0.0299. The Labute approximate surface area is 158 Å². The van der Waals surface area contributed by atoms with Crippen LogP contribution in [0.3, 0.4) is 0 Å². The van der Waals surface area contributed by atoms with Crippen molar-refractivity contribution in [3.05, 3.63) is 46.6 Å². The van der Waals surface area contributed by atoms with Crippen LogP contribution in [0, 0.1) is 16.7 Å². The van der Waals surface area contributed by atoms with Gasteiger partial charge in [0, 0.05) is 29.1 Å². The number of anilines is 2. The van der Waals surface area contributed by atoms with Crippen LogP contribution in [0.1, 0.15) is 31.4 Å². The summed E-state index contributed by atoms with van der Waals surface area (Å²) < 4.78 is 0. The molecular weight excluding hydrogens is 348 g/mol. The van der Waals surface area contributed by atoms with Gasteiger partial charge in [-0.1, -0.05) is 37.6 Å². The quantitative estimate of drug-likeness (QED) is 0.722. The fourth-order valence-corrected chi connectivity index (χ4v) is 3.25. The summed E-state index contributed by atoms with van der Waals surface area (Å²) in [5.74, 6) is 1.05. The van der Waals surface area contributed by atoms with Crippen molar-refractivity contribution < 1.29 is 0 Å². The molecule has 1 aromatic heterocycles. The van der Waals surface area contributed by atoms with Gasteiger partial charge in [-0.15, -0.1) is 0 Å². The third-order valence-corrected chi connectivity index (χ3v) is 5.38. The lowest BCUT2D eigenvalue weighted by Crippen LogP contribution is -2.61. The average Bonchev–Trinajstić information content (AvgIpc) is 2.62. The smallest absolute Gasteiger partial charge is 0.224 e. The van der Waals surface area contributed by atoms with Gasteiger partial charge < -0.3 is 16.4 Å². The van der Waals surface area contributed by atoms with Gasteiger partial charge in [0.05, 0.1) is 6.20 Å². The first-order chi connectivity index (χ1) is 12.4. The first kappa shape index (κ1) is 18.4. The molecular formula is C19H23ClN6. The Kier molecular flexibility index (Phi) is 5.30. The zero-order chi connectivity index (χ0) is 18.7. The maximum absolute atomic E-state index is 9.32. The number of halogens is 1. The number of rotatable bonds is 6. The van der Waals surface area contributed by atoms with Crippen LogP contribution in [-0.4, -0.2) is 28.6 Å². The van der Waals surface area contributed by atoms with Gasteiger partial charge in [0.15, 0.2) is 0 Å². The van der Waals surface area contributed by atoms with Crippen molar-refractivity contribution in [2.24, 2.45) is 11.1 Å². The van der Waals surface area contributed by atoms with E-state index < -0.39 is 0 Å². The summed E-state index contributed by atoms with van der Waals surface area (Å²) in [5.41, 5.74) is 7.62. The molecule has 1 aliphatic rings. The van der Waals surface area contributed by atoms with E-state index in [0.29, 0.717) is 23.9 Å². The highest BCUT2D eigenvalue weighted by Crippen LogP contribution is 2.41. The van der Waals surface area contributed by atoms with Crippen molar-refractivity contribution >= 4 is 23.4 Å². The third-order valence-electron chi connectivity index (χ3n) is 5.15. The molecule has 3 rings (SSSR count). The molecule has 2 aromatic rings. The molecule has 6 nitrogen and oxygen atoms in total. The summed E-state index contributed by atoms with van der Waals surface area (Å²) in [4.78, 5) is 8.71. The summed E-state index contributed by atoms with van der Waals surface area (Å²) in [5, 5.41) is 16.6. The third kappa shape index (κ3) is 3.90. The number of hydrogen-bond acceptors (Lipinski definition) is 6. The van der Waals surface area contributed by atoms with E-state index >= 15 is 0 Å². The van der Waals surface area contributed by atoms with Crippen molar-refractivity contribution in [1.29, 1.82) is 5.26 Å². The molecule has 0 amide bonds. The van der Waals surface area contributed by atoms with Crippen molar-refractivity contribution in [2.75, 3.05) is 17.2 Å². The summed E-state index contributed by atoms with van der Waals surface area (Å²) in [6.07, 6.45) is 3.21. The molecule has 2 atom stereocenters. The van der Waals surface area contributed by atoms with E-state index in [1.54, 1.807) is 6.20 Å². The first-order valence-corrected chi connectivity index (χ1v) is 9.05. The molecule has 1 fully saturated rings. The highest BCUT2D eigenvalue weighted by atomic mass is 35.5. The Morgan fingerprint density at radius 1 is 1.42 bits per heavy atom. The van der Waals surface area contributed by atoms with E-state index in [1.165, 1.54) is 0 Å². The van der Waals surface area contributed by atoms with Crippen LogP contribution in [0.25, 0.3) is 0 Å². The van der Waals surface area contributed by atoms with E-state index in [-0.39, 0.29) is 17.5 Å². The Morgan fingerprint density at radius 2 is 2.23 bits per heavy atom. The molecule has 26 heavy (non-hydrogen) atoms. The lowest BCUT2D eigenvalue weighted by molar-refractivity contribution is 0.117. The van der Waals surface area contributed by atoms with Gasteiger partial charge in [-0.3, -0.25) is 0 Å². The van der Waals surface area contributed by atoms with Crippen LogP contribution in [-0.2, 0) is 6.42 Å². The number of nitriles is 1. The van der Waals surface area contributed by atoms with Crippen LogP contribution in [0.2, 0.25) is 5.02 Å². The molecule has 0 radical (unpaired) electrons. The second-order valence-corrected chi connectivity index (χ2v) is 7.67. The molecule has 1 heterocycles. The lowest BCUT2D eigenvalue weighted by Gasteiger charge is -2.50. The molecule has 0 saturated heterocycles. The molecule has 0 aliphatic heterocycles. The van der Waals surface area contributed by atoms with Crippen molar-refractivity contribution in [3.63, 3.8) is 0 Å². The second-order valence-electron chi connectivity index (χ2n) is 7.23. The van der Waals surface area contributed by atoms with Crippen LogP contribution < -0.4 is 16.4 Å². The molecule has 136 valence electrons. The normalized spacial score (nSPS) is 20.7. The van der Waals surface area contributed by atoms with Gasteiger partial charge in [-0.05, 0) is 30.5 Å². The van der Waals surface area contributed by atoms with Crippen molar-refractivity contribution in [1.82, 2.24) is 9.97 Å². The van der Waals surface area contributed by atoms with Crippen molar-refractivity contribution in [2.45, 2.75) is 38.8 Å². The van der Waals surface area contributed by atoms with Gasteiger partial charge in [0.2, 0.25) is 5.95 Å². The summed E-state index contributed by atoms with van der Waals surface area (Å²) in [6, 6.07) is 10.3. The van der Waals surface area contributed by atoms with Crippen LogP contribution >= 0.6 is 11.6 Å². The minimum absolute atomic E-state index is 0.0299. The Hall–Kier alpha value is -2.36. The molecule has 1 aromatic carbocycles. The highest BCUT2D eigenvalue weighted by molar-refractivity contribution is 6.30. The molecule has 1 aliphatic carbocycles. The summed E-state index contributed by atoms with van der Waals surface area (Å²) in [6.45, 7) is 4.91. The largest absolute Gasteiger partial charge is 0.365 e. The molecule has 2 unspecified atom stereocenters. The predicted molar refractivity (Wildman–Crippen MR) is 104 cm³/mol. The summed E-state index contributed by atoms with van der Waals surface area (Å²) in [7, 11) is 0. The predicted octanol–water partition coefficient (Wildman–Crippen LogP) is 3.19. The Balaban J connectivity index is 1.65. The van der Waals surface area contributed by atoms with Gasteiger partial charge in [-0.25, -0.2) is 4.98 Å². The SMILES string of the molecule is CC1(C)C(N)CC1Nc1nc(NCCc2cccc(Cl)c2)ncc1C#N. The number of hydrogen-bond donors (Lipinski definition) is 3. The van der Waals surface area contributed by atoms with Crippen LogP contribution in [0.5, 0.6) is 0 Å². The first-order valence-electron chi connectivity index (χ1n) is 8.67. The van der Waals surface area contributed by atoms with Crippen molar-refractivity contribution in [3.8, 4) is 6.07 Å². The number of benzene rings is 1. The topological polar surface area (TPSA) is 99.7 Å². The average molecular weight is 371 g/mol. The fourth-order valence-electron chi connectivity index (χ4n) is 3.04. The number of aromatic nitrogens is 2. The Morgan fingerprint density at radius 3 is 2.88 bits per heavy atom. The van der Waals surface area contributed by atoms with Gasteiger partial charge >= 0.3 is 0 Å². The van der Waals surface area contributed by atoms with Gasteiger partial charge in [0.1, 0.15) is 17.5 Å². The standard InChI is InChI=1S/C19H23ClN6/c1-19(2)15(22)9-16(19)25-17-13(10-21)11-24-18(26-17)23-7-6-12-4-3-5-14(20)8-12/h3-5,8,11,15-16H,6-7,9,22H2,1-2H3,(H2,23,24,25,26). The van der Waals surface area contributed by atoms with E-state index in [9.17, 15) is 5.26 Å². The lowest BCUT2D eigenvalue weighted by atomic mass is 9.63. The monoisotopic (exact) mass is 370 g/mol. The molecule has 0 bridgehead atoms. The molecule has 4 N–H and O–H groups in total. The zero-order valence-corrected chi connectivity index (χ0v) is 15.7.